The topological polar surface area (TPSA) is 118 Å². The van der Waals surface area contributed by atoms with E-state index in [9.17, 15) is 10.1 Å². The van der Waals surface area contributed by atoms with Crippen molar-refractivity contribution < 1.29 is 14.3 Å². The van der Waals surface area contributed by atoms with E-state index in [0.29, 0.717) is 61.1 Å². The highest BCUT2D eigenvalue weighted by atomic mass is 16.5. The number of aromatic nitrogens is 1. The van der Waals surface area contributed by atoms with Gasteiger partial charge in [0.2, 0.25) is 0 Å². The normalized spacial score (nSPS) is 15.5. The molecule has 0 spiro atoms. The van der Waals surface area contributed by atoms with Crippen LogP contribution in [0.5, 0.6) is 11.5 Å². The number of nitrogens with one attached hydrogen (secondary N) is 1. The van der Waals surface area contributed by atoms with Gasteiger partial charge in [-0.2, -0.15) is 10.5 Å². The van der Waals surface area contributed by atoms with Crippen LogP contribution in [-0.4, -0.2) is 80.3 Å². The van der Waals surface area contributed by atoms with Crippen molar-refractivity contribution in [2.24, 2.45) is 0 Å². The summed E-state index contributed by atoms with van der Waals surface area (Å²) in [5.41, 5.74) is 3.17. The second-order valence-corrected chi connectivity index (χ2v) is 10.00. The predicted octanol–water partition coefficient (Wildman–Crippen LogP) is 4.21. The molecule has 2 saturated heterocycles. The summed E-state index contributed by atoms with van der Waals surface area (Å²) in [5, 5.41) is 22.6. The van der Waals surface area contributed by atoms with Gasteiger partial charge in [0.25, 0.3) is 0 Å². The number of benzene rings is 2. The average Bonchev–Trinajstić information content (AvgIpc) is 3.52. The van der Waals surface area contributed by atoms with Crippen molar-refractivity contribution in [3.05, 3.63) is 53.7 Å². The van der Waals surface area contributed by atoms with Crippen molar-refractivity contribution in [3.63, 3.8) is 0 Å². The van der Waals surface area contributed by atoms with Gasteiger partial charge in [0.1, 0.15) is 6.07 Å². The molecule has 2 amide bonds. The fourth-order valence-electron chi connectivity index (χ4n) is 5.32. The molecule has 2 aliphatic heterocycles. The van der Waals surface area contributed by atoms with Crippen molar-refractivity contribution in [2.75, 3.05) is 69.7 Å². The van der Waals surface area contributed by atoms with Gasteiger partial charge < -0.3 is 29.5 Å². The lowest BCUT2D eigenvalue weighted by atomic mass is 10.1. The highest BCUT2D eigenvalue weighted by Crippen LogP contribution is 2.38. The van der Waals surface area contributed by atoms with Crippen LogP contribution >= 0.6 is 0 Å². The lowest BCUT2D eigenvalue weighted by molar-refractivity contribution is 0.208. The molecule has 10 nitrogen and oxygen atoms in total. The number of carbonyl (C=O) groups is 1. The van der Waals surface area contributed by atoms with Gasteiger partial charge in [-0.15, -0.1) is 0 Å². The first-order valence-electron chi connectivity index (χ1n) is 13.7. The Kier molecular flexibility index (Phi) is 8.48. The number of hydrogen-bond donors (Lipinski definition) is 1. The zero-order valence-electron chi connectivity index (χ0n) is 22.7. The summed E-state index contributed by atoms with van der Waals surface area (Å²) in [6, 6.07) is 14.7. The minimum absolute atomic E-state index is 0.197. The van der Waals surface area contributed by atoms with Crippen LogP contribution in [0.2, 0.25) is 0 Å². The maximum Gasteiger partial charge on any atom is 0.321 e. The Bertz CT molecular complexity index is 1430. The molecule has 0 saturated carbocycles. The molecule has 1 aromatic heterocycles. The third-order valence-electron chi connectivity index (χ3n) is 7.47. The Balaban J connectivity index is 1.28. The van der Waals surface area contributed by atoms with E-state index in [0.717, 1.165) is 29.6 Å². The molecule has 1 N–H and O–H groups in total. The number of amides is 2. The molecule has 3 heterocycles. The number of urea groups is 1. The summed E-state index contributed by atoms with van der Waals surface area (Å²) < 4.78 is 11.8. The van der Waals surface area contributed by atoms with Crippen LogP contribution in [0.1, 0.15) is 30.4 Å². The third-order valence-corrected chi connectivity index (χ3v) is 7.47. The fourth-order valence-corrected chi connectivity index (χ4v) is 5.32. The van der Waals surface area contributed by atoms with Gasteiger partial charge >= 0.3 is 6.03 Å². The minimum Gasteiger partial charge on any atom is -0.493 e. The number of hydrogen-bond acceptors (Lipinski definition) is 8. The summed E-state index contributed by atoms with van der Waals surface area (Å²) >= 11 is 0. The molecule has 0 unspecified atom stereocenters. The highest BCUT2D eigenvalue weighted by Gasteiger charge is 2.25. The number of ether oxygens (including phenoxy) is 2. The first-order chi connectivity index (χ1) is 19.6. The Morgan fingerprint density at radius 1 is 1.00 bits per heavy atom. The van der Waals surface area contributed by atoms with E-state index >= 15 is 0 Å². The van der Waals surface area contributed by atoms with E-state index in [-0.39, 0.29) is 6.03 Å². The maximum absolute atomic E-state index is 12.8. The number of rotatable bonds is 8. The van der Waals surface area contributed by atoms with E-state index in [1.807, 2.05) is 12.1 Å². The third kappa shape index (κ3) is 6.03. The number of nitriles is 2. The molecule has 2 fully saturated rings. The molecule has 10 heteroatoms. The number of nitrogens with zero attached hydrogens (tertiary/aromatic N) is 6. The van der Waals surface area contributed by atoms with Crippen LogP contribution in [0.25, 0.3) is 10.9 Å². The Morgan fingerprint density at radius 3 is 2.42 bits per heavy atom. The molecule has 3 aromatic rings. The van der Waals surface area contributed by atoms with Crippen LogP contribution in [0.3, 0.4) is 0 Å². The number of likely N-dealkylation sites (tertiary alicyclic amines) is 1. The molecule has 2 aromatic carbocycles. The summed E-state index contributed by atoms with van der Waals surface area (Å²) in [5.74, 6) is 1.25. The predicted molar refractivity (Wildman–Crippen MR) is 153 cm³/mol. The van der Waals surface area contributed by atoms with Crippen LogP contribution in [0.4, 0.5) is 16.2 Å². The lowest BCUT2D eigenvalue weighted by Gasteiger charge is -2.36. The van der Waals surface area contributed by atoms with Gasteiger partial charge in [-0.3, -0.25) is 4.98 Å². The number of fused-ring (bicyclic) bond motifs is 1. The van der Waals surface area contributed by atoms with Crippen LogP contribution in [0.15, 0.2) is 42.6 Å². The van der Waals surface area contributed by atoms with E-state index in [2.05, 4.69) is 32.2 Å². The van der Waals surface area contributed by atoms with E-state index in [1.54, 1.807) is 42.5 Å². The number of methoxy groups -OCH3 is 1. The van der Waals surface area contributed by atoms with Crippen LogP contribution in [0, 0.1) is 22.7 Å². The maximum atomic E-state index is 12.8. The molecule has 40 heavy (non-hydrogen) atoms. The first-order valence-corrected chi connectivity index (χ1v) is 13.7. The molecule has 0 aliphatic carbocycles. The summed E-state index contributed by atoms with van der Waals surface area (Å²) in [7, 11) is 1.62. The van der Waals surface area contributed by atoms with Gasteiger partial charge in [-0.1, -0.05) is 0 Å². The van der Waals surface area contributed by atoms with Gasteiger partial charge in [-0.25, -0.2) is 4.79 Å². The second kappa shape index (κ2) is 12.5. The van der Waals surface area contributed by atoms with Gasteiger partial charge in [0.05, 0.1) is 42.1 Å². The van der Waals surface area contributed by atoms with E-state index in [1.165, 1.54) is 25.9 Å². The lowest BCUT2D eigenvalue weighted by Crippen LogP contribution is -2.50. The molecule has 2 aliphatic rings. The van der Waals surface area contributed by atoms with Crippen molar-refractivity contribution >= 4 is 28.3 Å². The quantitative estimate of drug-likeness (QED) is 0.423. The van der Waals surface area contributed by atoms with Crippen LogP contribution < -0.4 is 19.7 Å². The smallest absolute Gasteiger partial charge is 0.321 e. The molecule has 0 bridgehead atoms. The molecular weight excluding hydrogens is 506 g/mol. The largest absolute Gasteiger partial charge is 0.493 e. The molecule has 0 atom stereocenters. The second-order valence-electron chi connectivity index (χ2n) is 10.00. The first kappa shape index (κ1) is 27.0. The van der Waals surface area contributed by atoms with Gasteiger partial charge in [0, 0.05) is 56.1 Å². The molecular formula is C30H33N7O3. The number of carbonyl (C=O) groups excluding carboxylic acids is 1. The molecule has 206 valence electrons. The van der Waals surface area contributed by atoms with Crippen molar-refractivity contribution in [1.29, 1.82) is 10.5 Å². The monoisotopic (exact) mass is 539 g/mol. The standard InChI is InChI=1S/C30H33N7O3/c1-39-27-17-25-26(18-28(27)40-16-4-11-35-9-2-3-10-35)33-21-23(20-32)29(25)36-12-14-37(15-13-36)30(38)34-24-7-5-22(19-31)6-8-24/h5-8,17-18,21H,2-4,9-16H2,1H3,(H,34,38). The number of pyridine rings is 1. The Hall–Kier alpha value is -4.54. The Labute approximate surface area is 234 Å². The fraction of sp³-hybridized carbons (Fsp3) is 0.400. The molecule has 5 rings (SSSR count). The zero-order valence-corrected chi connectivity index (χ0v) is 22.7. The molecule has 0 radical (unpaired) electrons. The van der Waals surface area contributed by atoms with Crippen molar-refractivity contribution in [2.45, 2.75) is 19.3 Å². The van der Waals surface area contributed by atoms with E-state index < -0.39 is 0 Å². The minimum atomic E-state index is -0.197. The Morgan fingerprint density at radius 2 is 1.75 bits per heavy atom. The number of anilines is 2. The number of piperazine rings is 1. The summed E-state index contributed by atoms with van der Waals surface area (Å²) in [4.78, 5) is 23.7. The van der Waals surface area contributed by atoms with E-state index in [4.69, 9.17) is 14.7 Å². The van der Waals surface area contributed by atoms with Crippen molar-refractivity contribution in [1.82, 2.24) is 14.8 Å². The SMILES string of the molecule is COc1cc2c(N3CCN(C(=O)Nc4ccc(C#N)cc4)CC3)c(C#N)cnc2cc1OCCCN1CCCC1. The highest BCUT2D eigenvalue weighted by molar-refractivity contribution is 5.97. The van der Waals surface area contributed by atoms with Crippen molar-refractivity contribution in [3.8, 4) is 23.6 Å². The van der Waals surface area contributed by atoms with Gasteiger partial charge in [-0.05, 0) is 62.7 Å². The zero-order chi connectivity index (χ0) is 27.9. The van der Waals surface area contributed by atoms with Crippen LogP contribution in [-0.2, 0) is 0 Å². The summed E-state index contributed by atoms with van der Waals surface area (Å²) in [6.07, 6.45) is 5.10. The summed E-state index contributed by atoms with van der Waals surface area (Å²) in [6.45, 7) is 6.07. The van der Waals surface area contributed by atoms with Gasteiger partial charge in [0.15, 0.2) is 11.5 Å². The average molecular weight is 540 g/mol.